The summed E-state index contributed by atoms with van der Waals surface area (Å²) in [5.74, 6) is 0. The van der Waals surface area contributed by atoms with Crippen LogP contribution in [0.15, 0.2) is 46.5 Å². The number of rotatable bonds is 0. The Labute approximate surface area is 187 Å². The van der Waals surface area contributed by atoms with Crippen molar-refractivity contribution in [2.75, 3.05) is 0 Å². The van der Waals surface area contributed by atoms with E-state index in [4.69, 9.17) is 13.1 Å². The Balaban J connectivity index is 1.89. The van der Waals surface area contributed by atoms with E-state index in [9.17, 15) is 10.5 Å². The van der Waals surface area contributed by atoms with Crippen molar-refractivity contribution in [3.05, 3.63) is 75.6 Å². The van der Waals surface area contributed by atoms with Gasteiger partial charge in [-0.15, -0.1) is 27.6 Å². The minimum Gasteiger partial charge on any atom is -0.238 e. The first-order valence-corrected chi connectivity index (χ1v) is 10.9. The van der Waals surface area contributed by atoms with Crippen molar-refractivity contribution in [2.45, 2.75) is 0 Å². The first kappa shape index (κ1) is 18.2. The second kappa shape index (κ2) is 6.45. The van der Waals surface area contributed by atoms with E-state index in [0.29, 0.717) is 22.0 Å². The molecule has 0 saturated heterocycles. The third kappa shape index (κ3) is 2.17. The lowest BCUT2D eigenvalue weighted by Crippen LogP contribution is -1.96. The van der Waals surface area contributed by atoms with E-state index in [2.05, 4.69) is 26.0 Å². The average Bonchev–Trinajstić information content (AvgIpc) is 3.51. The Bertz CT molecular complexity index is 1930. The van der Waals surface area contributed by atoms with Crippen LogP contribution < -0.4 is 10.7 Å². The molecule has 144 valence electrons. The summed E-state index contributed by atoms with van der Waals surface area (Å²) in [5, 5.41) is 29.4. The van der Waals surface area contributed by atoms with Gasteiger partial charge < -0.3 is 0 Å². The molecule has 2 heterocycles. The first-order valence-electron chi connectivity index (χ1n) is 9.28. The lowest BCUT2D eigenvalue weighted by atomic mass is 10.1. The van der Waals surface area contributed by atoms with Crippen LogP contribution in [0, 0.1) is 35.9 Å². The normalized spacial score (nSPS) is 12.6. The van der Waals surface area contributed by atoms with Gasteiger partial charge in [0.1, 0.15) is 5.36 Å². The fourth-order valence-electron chi connectivity index (χ4n) is 4.36. The molecule has 0 bridgehead atoms. The van der Waals surface area contributed by atoms with Crippen molar-refractivity contribution in [1.29, 1.82) is 10.5 Å². The van der Waals surface area contributed by atoms with Crippen molar-refractivity contribution in [1.82, 2.24) is 0 Å². The van der Waals surface area contributed by atoms with Gasteiger partial charge in [0.25, 0.3) is 0 Å². The summed E-state index contributed by atoms with van der Waals surface area (Å²) in [7, 11) is 0. The molecule has 0 fully saturated rings. The second-order valence-corrected chi connectivity index (χ2v) is 9.13. The maximum Gasteiger partial charge on any atom is 0.206 e. The number of hydrogen-bond donors (Lipinski definition) is 0. The molecule has 0 radical (unpaired) electrons. The number of benzene rings is 2. The molecule has 32 heavy (non-hydrogen) atoms. The monoisotopic (exact) mass is 442 g/mol. The lowest BCUT2D eigenvalue weighted by Gasteiger charge is -1.93. The van der Waals surface area contributed by atoms with Gasteiger partial charge in [-0.2, -0.15) is 22.1 Å². The van der Waals surface area contributed by atoms with E-state index in [1.807, 2.05) is 18.3 Å². The van der Waals surface area contributed by atoms with Crippen LogP contribution in [-0.2, 0) is 0 Å². The van der Waals surface area contributed by atoms with Crippen LogP contribution in [0.4, 0.5) is 5.69 Å². The maximum atomic E-state index is 9.31. The van der Waals surface area contributed by atoms with Crippen molar-refractivity contribution < 1.29 is 0 Å². The van der Waals surface area contributed by atoms with Crippen LogP contribution in [0.3, 0.4) is 0 Å². The van der Waals surface area contributed by atoms with Gasteiger partial charge in [-0.1, -0.05) is 18.2 Å². The number of hydrogen-bond acceptors (Lipinski definition) is 6. The van der Waals surface area contributed by atoms with Gasteiger partial charge >= 0.3 is 0 Å². The van der Waals surface area contributed by atoms with Gasteiger partial charge in [0.05, 0.1) is 42.1 Å². The lowest BCUT2D eigenvalue weighted by molar-refractivity contribution is 1.38. The maximum absolute atomic E-state index is 9.31. The first-order chi connectivity index (χ1) is 15.7. The van der Waals surface area contributed by atoms with Crippen molar-refractivity contribution in [3.8, 4) is 12.3 Å². The molecule has 0 unspecified atom stereocenters. The molecular formula is C24H6N6S2. The summed E-state index contributed by atoms with van der Waals surface area (Å²) >= 11 is 3.13. The fourth-order valence-corrected chi connectivity index (χ4v) is 7.29. The number of nitrogens with zero attached hydrogens (tertiary/aromatic N) is 6. The Morgan fingerprint density at radius 3 is 2.06 bits per heavy atom. The third-order valence-corrected chi connectivity index (χ3v) is 8.15. The molecule has 0 aliphatic rings. The predicted molar refractivity (Wildman–Crippen MR) is 126 cm³/mol. The van der Waals surface area contributed by atoms with Gasteiger partial charge in [0.15, 0.2) is 11.0 Å². The van der Waals surface area contributed by atoms with Gasteiger partial charge in [0.2, 0.25) is 6.19 Å². The highest BCUT2D eigenvalue weighted by molar-refractivity contribution is 7.37. The molecule has 0 atom stereocenters. The Morgan fingerprint density at radius 1 is 0.781 bits per heavy atom. The number of fused-ring (bicyclic) bond motifs is 9. The van der Waals surface area contributed by atoms with E-state index in [1.165, 1.54) is 0 Å². The number of nitriles is 2. The molecule has 4 aromatic carbocycles. The van der Waals surface area contributed by atoms with Crippen LogP contribution in [0.2, 0.25) is 0 Å². The van der Waals surface area contributed by atoms with E-state index in [1.54, 1.807) is 46.9 Å². The molecule has 6 rings (SSSR count). The largest absolute Gasteiger partial charge is 0.238 e. The summed E-state index contributed by atoms with van der Waals surface area (Å²) in [5.41, 5.74) is 1.03. The highest BCUT2D eigenvalue weighted by Gasteiger charge is 2.23. The number of thiophene rings is 2. The highest BCUT2D eigenvalue weighted by Crippen LogP contribution is 2.48. The summed E-state index contributed by atoms with van der Waals surface area (Å²) in [6.07, 6.45) is 1.90. The Hall–Kier alpha value is -4.60. The fraction of sp³-hybridized carbons (Fsp3) is 0. The van der Waals surface area contributed by atoms with Gasteiger partial charge in [0, 0.05) is 21.5 Å². The smallest absolute Gasteiger partial charge is 0.206 e. The zero-order valence-electron chi connectivity index (χ0n) is 16.0. The average molecular weight is 442 g/mol. The van der Waals surface area contributed by atoms with Crippen LogP contribution in [-0.4, -0.2) is 0 Å². The zero-order chi connectivity index (χ0) is 22.0. The van der Waals surface area contributed by atoms with Crippen molar-refractivity contribution in [2.24, 2.45) is 10.1 Å². The summed E-state index contributed by atoms with van der Waals surface area (Å²) < 4.78 is 3.95. The molecule has 6 aromatic rings. The molecule has 0 N–H and O–H groups in total. The topological polar surface area (TPSA) is 81.0 Å². The molecule has 0 aliphatic carbocycles. The second-order valence-electron chi connectivity index (χ2n) is 7.09. The molecule has 0 saturated carbocycles. The quantitative estimate of drug-likeness (QED) is 0.164. The standard InChI is InChI=1S/C24H6N6S2/c1-27-12-4-6-14-16(8-12)20(30-28-2)22-18(14)24-23(32-22)17-13-5-3-11(9-25)7-15(13)19(29-10-26)21(17)31-24/h3-8H/b29-19?,30-20+. The van der Waals surface area contributed by atoms with Crippen LogP contribution >= 0.6 is 22.7 Å². The third-order valence-electron chi connectivity index (χ3n) is 5.59. The Kier molecular flexibility index (Phi) is 3.66. The molecule has 2 aromatic heterocycles. The van der Waals surface area contributed by atoms with Crippen LogP contribution in [0.25, 0.3) is 60.9 Å². The summed E-state index contributed by atoms with van der Waals surface area (Å²) in [4.78, 5) is 10.9. The van der Waals surface area contributed by atoms with Crippen molar-refractivity contribution >= 4 is 79.5 Å². The molecule has 8 heteroatoms. The molecule has 0 spiro atoms. The van der Waals surface area contributed by atoms with E-state index in [-0.39, 0.29) is 0 Å². The highest BCUT2D eigenvalue weighted by atomic mass is 32.1. The molecule has 6 nitrogen and oxygen atoms in total. The SMILES string of the molecule is [C-]#[N+]/N=c1\c2cc([N+]#[C-])ccc2c2c1sc1c2sc2c(=NC#N)c3cc(C#N)ccc3c21. The molecule has 0 amide bonds. The van der Waals surface area contributed by atoms with E-state index < -0.39 is 0 Å². The minimum atomic E-state index is 0.507. The van der Waals surface area contributed by atoms with Crippen LogP contribution in [0.1, 0.15) is 5.56 Å². The Morgan fingerprint density at radius 2 is 1.44 bits per heavy atom. The van der Waals surface area contributed by atoms with Gasteiger partial charge in [-0.3, -0.25) is 0 Å². The van der Waals surface area contributed by atoms with E-state index >= 15 is 0 Å². The van der Waals surface area contributed by atoms with Crippen LogP contribution in [0.5, 0.6) is 0 Å². The van der Waals surface area contributed by atoms with Crippen molar-refractivity contribution in [3.63, 3.8) is 0 Å². The molecule has 0 aliphatic heterocycles. The minimum absolute atomic E-state index is 0.507. The molecular weight excluding hydrogens is 436 g/mol. The van der Waals surface area contributed by atoms with Gasteiger partial charge in [-0.25, -0.2) is 4.85 Å². The zero-order valence-corrected chi connectivity index (χ0v) is 17.6. The van der Waals surface area contributed by atoms with E-state index in [0.717, 1.165) is 51.1 Å². The van der Waals surface area contributed by atoms with Gasteiger partial charge in [-0.05, 0) is 29.0 Å². The summed E-state index contributed by atoms with van der Waals surface area (Å²) in [6, 6.07) is 13.1. The predicted octanol–water partition coefficient (Wildman–Crippen LogP) is 5.99. The summed E-state index contributed by atoms with van der Waals surface area (Å²) in [6.45, 7) is 14.6.